The zero-order valence-electron chi connectivity index (χ0n) is 6.99. The van der Waals surface area contributed by atoms with Gasteiger partial charge in [0.2, 0.25) is 0 Å². The van der Waals surface area contributed by atoms with Crippen LogP contribution in [0.1, 0.15) is 0 Å². The smallest absolute Gasteiger partial charge is 0.0719 e. The summed E-state index contributed by atoms with van der Waals surface area (Å²) in [5.74, 6) is 0. The average Bonchev–Trinajstić information content (AvgIpc) is 2.74. The number of halogens is 1. The normalized spacial score (nSPS) is 11.2. The number of rotatable bonds is 1. The first-order chi connectivity index (χ1) is 6.83. The Labute approximate surface area is 102 Å². The molecule has 0 bridgehead atoms. The Morgan fingerprint density at radius 3 is 2.57 bits per heavy atom. The van der Waals surface area contributed by atoms with Crippen LogP contribution in [0.2, 0.25) is 0 Å². The van der Waals surface area contributed by atoms with Crippen LogP contribution in [0.3, 0.4) is 0 Å². The second kappa shape index (κ2) is 3.45. The Morgan fingerprint density at radius 1 is 1.00 bits per heavy atom. The van der Waals surface area contributed by atoms with Crippen molar-refractivity contribution in [3.63, 3.8) is 0 Å². The quantitative estimate of drug-likeness (QED) is 0.560. The third-order valence-corrected chi connectivity index (χ3v) is 5.80. The first-order valence-corrected chi connectivity index (χ1v) is 7.36. The van der Waals surface area contributed by atoms with Gasteiger partial charge in [-0.05, 0) is 39.5 Å². The lowest BCUT2D eigenvalue weighted by atomic mass is 10.4. The van der Waals surface area contributed by atoms with Crippen LogP contribution in [0.5, 0.6) is 0 Å². The second-order valence-electron chi connectivity index (χ2n) is 2.87. The van der Waals surface area contributed by atoms with E-state index in [1.807, 2.05) is 11.3 Å². The fraction of sp³-hybridized carbons (Fsp3) is 0. The lowest BCUT2D eigenvalue weighted by Crippen LogP contribution is -1.56. The molecule has 14 heavy (non-hydrogen) atoms. The topological polar surface area (TPSA) is 0 Å². The number of fused-ring (bicyclic) bond motifs is 1. The molecule has 0 amide bonds. The van der Waals surface area contributed by atoms with Crippen LogP contribution >= 0.6 is 49.9 Å². The number of thiophene rings is 3. The van der Waals surface area contributed by atoms with E-state index < -0.39 is 0 Å². The third-order valence-electron chi connectivity index (χ3n) is 1.94. The summed E-state index contributed by atoms with van der Waals surface area (Å²) in [6.45, 7) is 0. The van der Waals surface area contributed by atoms with E-state index >= 15 is 0 Å². The van der Waals surface area contributed by atoms with Gasteiger partial charge in [0.15, 0.2) is 0 Å². The maximum atomic E-state index is 3.50. The predicted octanol–water partition coefficient (Wildman–Crippen LogP) is 5.45. The summed E-state index contributed by atoms with van der Waals surface area (Å²) in [7, 11) is 0. The summed E-state index contributed by atoms with van der Waals surface area (Å²) in [4.78, 5) is 2.75. The summed E-state index contributed by atoms with van der Waals surface area (Å²) in [6, 6.07) is 8.75. The van der Waals surface area contributed by atoms with E-state index in [4.69, 9.17) is 0 Å². The van der Waals surface area contributed by atoms with Crippen molar-refractivity contribution in [1.82, 2.24) is 0 Å². The number of hydrogen-bond acceptors (Lipinski definition) is 3. The van der Waals surface area contributed by atoms with Gasteiger partial charge in [0.25, 0.3) is 0 Å². The minimum Gasteiger partial charge on any atom is -0.143 e. The molecule has 0 fully saturated rings. The van der Waals surface area contributed by atoms with E-state index in [1.54, 1.807) is 22.7 Å². The van der Waals surface area contributed by atoms with Gasteiger partial charge in [-0.25, -0.2) is 0 Å². The monoisotopic (exact) mass is 300 g/mol. The van der Waals surface area contributed by atoms with Gasteiger partial charge in [-0.15, -0.1) is 34.0 Å². The molecule has 0 aliphatic rings. The van der Waals surface area contributed by atoms with Crippen molar-refractivity contribution in [3.8, 4) is 9.75 Å². The Hall–Kier alpha value is -0.160. The van der Waals surface area contributed by atoms with Gasteiger partial charge < -0.3 is 0 Å². The van der Waals surface area contributed by atoms with Crippen LogP contribution in [-0.4, -0.2) is 0 Å². The maximum absolute atomic E-state index is 3.50. The van der Waals surface area contributed by atoms with Crippen molar-refractivity contribution in [2.45, 2.75) is 0 Å². The Kier molecular flexibility index (Phi) is 2.24. The summed E-state index contributed by atoms with van der Waals surface area (Å²) in [5, 5.41) is 2.12. The van der Waals surface area contributed by atoms with E-state index in [9.17, 15) is 0 Å². The van der Waals surface area contributed by atoms with Crippen LogP contribution < -0.4 is 0 Å². The lowest BCUT2D eigenvalue weighted by Gasteiger charge is -1.86. The van der Waals surface area contributed by atoms with Gasteiger partial charge in [-0.2, -0.15) is 0 Å². The van der Waals surface area contributed by atoms with Crippen LogP contribution in [0.15, 0.2) is 33.4 Å². The van der Waals surface area contributed by atoms with Gasteiger partial charge in [-0.3, -0.25) is 0 Å². The Balaban J connectivity index is 2.20. The highest BCUT2D eigenvalue weighted by molar-refractivity contribution is 9.11. The van der Waals surface area contributed by atoms with Crippen LogP contribution in [0.25, 0.3) is 19.2 Å². The molecule has 0 N–H and O–H groups in total. The zero-order valence-corrected chi connectivity index (χ0v) is 11.0. The zero-order chi connectivity index (χ0) is 9.54. The van der Waals surface area contributed by atoms with Gasteiger partial charge in [0.05, 0.1) is 3.79 Å². The van der Waals surface area contributed by atoms with Gasteiger partial charge in [0.1, 0.15) is 0 Å². The molecule has 0 radical (unpaired) electrons. The molecule has 0 aromatic carbocycles. The standard InChI is InChI=1S/C10H5BrS3/c11-10-5-9-8(14-10)4-7(13-9)6-2-1-3-12-6/h1-5H. The molecule has 3 aromatic rings. The Morgan fingerprint density at radius 2 is 1.86 bits per heavy atom. The molecule has 0 nitrogen and oxygen atoms in total. The molecular formula is C10H5BrS3. The van der Waals surface area contributed by atoms with Crippen molar-refractivity contribution >= 4 is 59.3 Å². The van der Waals surface area contributed by atoms with E-state index in [-0.39, 0.29) is 0 Å². The molecule has 0 aliphatic heterocycles. The molecule has 0 atom stereocenters. The van der Waals surface area contributed by atoms with Crippen LogP contribution in [0.4, 0.5) is 0 Å². The van der Waals surface area contributed by atoms with Crippen LogP contribution in [-0.2, 0) is 0 Å². The SMILES string of the molecule is Brc1cc2sc(-c3cccs3)cc2s1. The van der Waals surface area contributed by atoms with E-state index in [1.165, 1.54) is 22.9 Å². The molecule has 0 spiro atoms. The summed E-state index contributed by atoms with van der Waals surface area (Å²) < 4.78 is 3.98. The van der Waals surface area contributed by atoms with E-state index in [0.29, 0.717) is 0 Å². The number of hydrogen-bond donors (Lipinski definition) is 0. The first kappa shape index (κ1) is 9.09. The molecule has 70 valence electrons. The second-order valence-corrected chi connectivity index (χ2v) is 7.36. The average molecular weight is 301 g/mol. The third kappa shape index (κ3) is 1.46. The van der Waals surface area contributed by atoms with E-state index in [0.717, 1.165) is 0 Å². The van der Waals surface area contributed by atoms with Crippen molar-refractivity contribution in [3.05, 3.63) is 33.4 Å². The highest BCUT2D eigenvalue weighted by Gasteiger charge is 2.07. The minimum atomic E-state index is 1.22. The van der Waals surface area contributed by atoms with Gasteiger partial charge in [0, 0.05) is 19.2 Å². The van der Waals surface area contributed by atoms with Crippen molar-refractivity contribution in [1.29, 1.82) is 0 Å². The Bertz CT molecular complexity index is 528. The molecule has 3 aromatic heterocycles. The fourth-order valence-electron chi connectivity index (χ4n) is 1.35. The molecule has 0 saturated carbocycles. The lowest BCUT2D eigenvalue weighted by molar-refractivity contribution is 1.97. The maximum Gasteiger partial charge on any atom is 0.0719 e. The highest BCUT2D eigenvalue weighted by atomic mass is 79.9. The van der Waals surface area contributed by atoms with Gasteiger partial charge in [-0.1, -0.05) is 6.07 Å². The minimum absolute atomic E-state index is 1.22. The molecule has 0 aliphatic carbocycles. The highest BCUT2D eigenvalue weighted by Crippen LogP contribution is 2.41. The van der Waals surface area contributed by atoms with Crippen molar-refractivity contribution in [2.75, 3.05) is 0 Å². The molecule has 4 heteroatoms. The van der Waals surface area contributed by atoms with Gasteiger partial charge >= 0.3 is 0 Å². The predicted molar refractivity (Wildman–Crippen MR) is 70.7 cm³/mol. The molecule has 3 heterocycles. The van der Waals surface area contributed by atoms with Crippen molar-refractivity contribution in [2.24, 2.45) is 0 Å². The van der Waals surface area contributed by atoms with Crippen molar-refractivity contribution < 1.29 is 0 Å². The van der Waals surface area contributed by atoms with Crippen LogP contribution in [0, 0.1) is 0 Å². The summed E-state index contributed by atoms with van der Waals surface area (Å²) in [5.41, 5.74) is 0. The molecule has 3 rings (SSSR count). The first-order valence-electron chi connectivity index (χ1n) is 4.06. The molecule has 0 unspecified atom stereocenters. The summed E-state index contributed by atoms with van der Waals surface area (Å²) >= 11 is 8.98. The van der Waals surface area contributed by atoms with E-state index in [2.05, 4.69) is 45.6 Å². The molecular weight excluding hydrogens is 296 g/mol. The summed E-state index contributed by atoms with van der Waals surface area (Å²) in [6.07, 6.45) is 0. The largest absolute Gasteiger partial charge is 0.143 e. The molecule has 0 saturated heterocycles. The fourth-order valence-corrected chi connectivity index (χ4v) is 5.20.